The lowest BCUT2D eigenvalue weighted by molar-refractivity contribution is -0.213. The summed E-state index contributed by atoms with van der Waals surface area (Å²) in [6.45, 7) is 4.94. The number of primary amides is 1. The number of rotatable bonds is 19. The monoisotopic (exact) mass is 709 g/mol. The molecule has 12 heteroatoms. The quantitative estimate of drug-likeness (QED) is 0.119. The maximum Gasteiger partial charge on any atom is 0.416 e. The molecule has 0 spiro atoms. The predicted octanol–water partition coefficient (Wildman–Crippen LogP) is 5.59. The van der Waals surface area contributed by atoms with Crippen LogP contribution < -0.4 is 16.4 Å². The van der Waals surface area contributed by atoms with Crippen molar-refractivity contribution >= 4 is 29.3 Å². The van der Waals surface area contributed by atoms with Crippen LogP contribution in [0.2, 0.25) is 0 Å². The summed E-state index contributed by atoms with van der Waals surface area (Å²) < 4.78 is 39.8. The number of aryl methyl sites for hydroxylation is 1. The minimum absolute atomic E-state index is 0.110. The number of aliphatic hydroxyl groups excluding tert-OH is 1. The van der Waals surface area contributed by atoms with Crippen LogP contribution in [0.4, 0.5) is 13.2 Å². The van der Waals surface area contributed by atoms with E-state index in [1.165, 1.54) is 6.92 Å². The summed E-state index contributed by atoms with van der Waals surface area (Å²) in [5.41, 5.74) is 8.32. The highest BCUT2D eigenvalue weighted by Gasteiger charge is 2.44. The summed E-state index contributed by atoms with van der Waals surface area (Å²) >= 11 is 0. The Hall–Kier alpha value is -4.84. The van der Waals surface area contributed by atoms with Crippen LogP contribution in [-0.2, 0) is 25.6 Å². The van der Waals surface area contributed by atoms with E-state index in [0.717, 1.165) is 16.7 Å². The average Bonchev–Trinajstić information content (AvgIpc) is 3.10. The molecular formula is C39H46F3N3O6. The summed E-state index contributed by atoms with van der Waals surface area (Å²) in [5.74, 6) is -5.35. The van der Waals surface area contributed by atoms with E-state index in [1.807, 2.05) is 72.8 Å². The maximum absolute atomic E-state index is 13.7. The topological polar surface area (TPSA) is 156 Å². The Bertz CT molecular complexity index is 1610. The van der Waals surface area contributed by atoms with Crippen LogP contribution in [0.5, 0.6) is 0 Å². The molecule has 0 aromatic heterocycles. The van der Waals surface area contributed by atoms with Gasteiger partial charge in [-0.25, -0.2) is 0 Å². The van der Waals surface area contributed by atoms with Gasteiger partial charge in [0.25, 0.3) is 0 Å². The van der Waals surface area contributed by atoms with Crippen molar-refractivity contribution in [3.05, 3.63) is 96.1 Å². The lowest BCUT2D eigenvalue weighted by atomic mass is 9.87. The Morgan fingerprint density at radius 3 is 1.86 bits per heavy atom. The van der Waals surface area contributed by atoms with Crippen molar-refractivity contribution in [1.82, 2.24) is 10.6 Å². The third-order valence-electron chi connectivity index (χ3n) is 8.83. The summed E-state index contributed by atoms with van der Waals surface area (Å²) in [6.07, 6.45) is -9.11. The van der Waals surface area contributed by atoms with Gasteiger partial charge in [-0.2, -0.15) is 13.2 Å². The molecule has 0 aliphatic rings. The number of alkyl halides is 3. The van der Waals surface area contributed by atoms with Gasteiger partial charge in [0.15, 0.2) is 17.7 Å². The maximum atomic E-state index is 13.7. The van der Waals surface area contributed by atoms with Crippen LogP contribution in [0.15, 0.2) is 84.9 Å². The van der Waals surface area contributed by atoms with Crippen molar-refractivity contribution in [2.45, 2.75) is 83.7 Å². The molecule has 0 bridgehead atoms. The Labute approximate surface area is 296 Å². The van der Waals surface area contributed by atoms with E-state index < -0.39 is 79.0 Å². The zero-order chi connectivity index (χ0) is 37.7. The van der Waals surface area contributed by atoms with Gasteiger partial charge >= 0.3 is 6.18 Å². The molecule has 5 atom stereocenters. The summed E-state index contributed by atoms with van der Waals surface area (Å²) in [6, 6.07) is 23.0. The Kier molecular flexibility index (Phi) is 15.1. The van der Waals surface area contributed by atoms with Crippen LogP contribution in [0.25, 0.3) is 11.1 Å². The first-order valence-electron chi connectivity index (χ1n) is 17.0. The molecule has 3 amide bonds. The van der Waals surface area contributed by atoms with Gasteiger partial charge in [-0.15, -0.1) is 0 Å². The number of aliphatic hydroxyl groups is 1. The number of nitrogens with two attached hydrogens (primary N) is 1. The van der Waals surface area contributed by atoms with E-state index in [1.54, 1.807) is 26.0 Å². The number of carbonyl (C=O) groups excluding carboxylic acids is 5. The number of carbonyl (C=O) groups is 5. The molecule has 274 valence electrons. The number of halogens is 3. The van der Waals surface area contributed by atoms with Crippen molar-refractivity contribution in [2.75, 3.05) is 0 Å². The highest BCUT2D eigenvalue weighted by atomic mass is 19.4. The minimum atomic E-state index is -5.08. The second kappa shape index (κ2) is 19.0. The molecule has 0 fully saturated rings. The molecule has 0 heterocycles. The Balaban J connectivity index is 1.74. The summed E-state index contributed by atoms with van der Waals surface area (Å²) in [4.78, 5) is 64.9. The van der Waals surface area contributed by atoms with Gasteiger partial charge in [-0.1, -0.05) is 106 Å². The van der Waals surface area contributed by atoms with Crippen LogP contribution in [0.3, 0.4) is 0 Å². The van der Waals surface area contributed by atoms with Crippen molar-refractivity contribution < 1.29 is 42.3 Å². The number of ketones is 2. The molecule has 0 aliphatic carbocycles. The normalized spacial score (nSPS) is 14.5. The van der Waals surface area contributed by atoms with Crippen LogP contribution in [0, 0.1) is 17.8 Å². The molecular weight excluding hydrogens is 663 g/mol. The van der Waals surface area contributed by atoms with Crippen LogP contribution >= 0.6 is 0 Å². The SMILES string of the molecule is CC(C)[C@H](CC(=O)c1ccc(-c2ccccc2)cc1)C(=O)N[C@H](CCc1ccccc1)C(=O)C[C@@H](C)C(=O)NC(CCC(N)=O)C(O)C(F)(F)F. The first-order valence-corrected chi connectivity index (χ1v) is 17.0. The lowest BCUT2D eigenvalue weighted by Crippen LogP contribution is -2.52. The third-order valence-corrected chi connectivity index (χ3v) is 8.83. The third kappa shape index (κ3) is 12.8. The fourth-order valence-electron chi connectivity index (χ4n) is 5.67. The zero-order valence-electron chi connectivity index (χ0n) is 29.0. The van der Waals surface area contributed by atoms with E-state index in [-0.39, 0.29) is 24.5 Å². The summed E-state index contributed by atoms with van der Waals surface area (Å²) in [7, 11) is 0. The average molecular weight is 710 g/mol. The highest BCUT2D eigenvalue weighted by Crippen LogP contribution is 2.26. The van der Waals surface area contributed by atoms with Gasteiger partial charge in [-0.3, -0.25) is 24.0 Å². The second-order valence-corrected chi connectivity index (χ2v) is 13.2. The van der Waals surface area contributed by atoms with Crippen LogP contribution in [-0.4, -0.2) is 58.8 Å². The number of hydrogen-bond donors (Lipinski definition) is 4. The van der Waals surface area contributed by atoms with E-state index in [2.05, 4.69) is 10.6 Å². The number of benzene rings is 3. The highest BCUT2D eigenvalue weighted by molar-refractivity contribution is 6.00. The lowest BCUT2D eigenvalue weighted by Gasteiger charge is -2.27. The Morgan fingerprint density at radius 2 is 1.31 bits per heavy atom. The number of Topliss-reactive ketones (excluding diaryl/α,β-unsaturated/α-hetero) is 2. The molecule has 3 rings (SSSR count). The van der Waals surface area contributed by atoms with Gasteiger partial charge < -0.3 is 21.5 Å². The Morgan fingerprint density at radius 1 is 0.745 bits per heavy atom. The number of hydrogen-bond acceptors (Lipinski definition) is 6. The largest absolute Gasteiger partial charge is 0.416 e. The molecule has 3 aromatic rings. The van der Waals surface area contributed by atoms with Crippen molar-refractivity contribution in [3.8, 4) is 11.1 Å². The molecule has 0 saturated heterocycles. The van der Waals surface area contributed by atoms with Gasteiger partial charge in [0, 0.05) is 36.7 Å². The standard InChI is InChI=1S/C39H46F3N3O6/c1-24(2)30(23-33(46)29-17-15-28(16-18-29)27-12-8-5-9-13-27)38(51)44-31(19-14-26-10-6-4-7-11-26)34(47)22-25(3)37(50)45-32(20-21-35(43)48)36(49)39(40,41)42/h4-13,15-18,24-25,30-32,36,49H,14,19-23H2,1-3H3,(H2,43,48)(H,44,51)(H,45,50)/t25-,30+,31-,32?,36?/m1/s1. The fourth-order valence-corrected chi connectivity index (χ4v) is 5.67. The van der Waals surface area contributed by atoms with E-state index >= 15 is 0 Å². The molecule has 9 nitrogen and oxygen atoms in total. The van der Waals surface area contributed by atoms with Crippen molar-refractivity contribution in [2.24, 2.45) is 23.5 Å². The van der Waals surface area contributed by atoms with Gasteiger partial charge in [0.05, 0.1) is 12.1 Å². The van der Waals surface area contributed by atoms with Crippen molar-refractivity contribution in [3.63, 3.8) is 0 Å². The van der Waals surface area contributed by atoms with Crippen molar-refractivity contribution in [1.29, 1.82) is 0 Å². The predicted molar refractivity (Wildman–Crippen MR) is 187 cm³/mol. The molecule has 3 aromatic carbocycles. The fraction of sp³-hybridized carbons (Fsp3) is 0.410. The van der Waals surface area contributed by atoms with Crippen LogP contribution in [0.1, 0.15) is 68.8 Å². The zero-order valence-corrected chi connectivity index (χ0v) is 29.0. The molecule has 51 heavy (non-hydrogen) atoms. The molecule has 5 N–H and O–H groups in total. The molecule has 0 saturated carbocycles. The number of nitrogens with one attached hydrogen (secondary N) is 2. The molecule has 0 radical (unpaired) electrons. The first-order chi connectivity index (χ1) is 24.1. The van der Waals surface area contributed by atoms with Gasteiger partial charge in [-0.05, 0) is 41.9 Å². The second-order valence-electron chi connectivity index (χ2n) is 13.2. The smallest absolute Gasteiger partial charge is 0.382 e. The van der Waals surface area contributed by atoms with Gasteiger partial charge in [0.2, 0.25) is 17.7 Å². The molecule has 0 aliphatic heterocycles. The first kappa shape index (κ1) is 40.6. The minimum Gasteiger partial charge on any atom is -0.382 e. The van der Waals surface area contributed by atoms with Gasteiger partial charge in [0.1, 0.15) is 0 Å². The van der Waals surface area contributed by atoms with E-state index in [4.69, 9.17) is 5.73 Å². The number of amides is 3. The summed E-state index contributed by atoms with van der Waals surface area (Å²) in [5, 5.41) is 14.7. The van der Waals surface area contributed by atoms with E-state index in [0.29, 0.717) is 12.0 Å². The molecule has 2 unspecified atom stereocenters. The van der Waals surface area contributed by atoms with E-state index in [9.17, 15) is 42.3 Å².